The summed E-state index contributed by atoms with van der Waals surface area (Å²) in [6, 6.07) is 3.86. The molecule has 0 bridgehead atoms. The molecule has 0 aliphatic heterocycles. The molecule has 0 saturated carbocycles. The fraction of sp³-hybridized carbons (Fsp3) is 0. The number of nitrogens with one attached hydrogen (secondary N) is 2. The first-order valence-corrected chi connectivity index (χ1v) is 5.28. The van der Waals surface area contributed by atoms with Gasteiger partial charge in [-0.05, 0) is 12.1 Å². The van der Waals surface area contributed by atoms with Crippen molar-refractivity contribution in [3.63, 3.8) is 0 Å². The Hall–Kier alpha value is -2.68. The summed E-state index contributed by atoms with van der Waals surface area (Å²) >= 11 is 5.66. The lowest BCUT2D eigenvalue weighted by Gasteiger charge is -2.04. The molecule has 19 heavy (non-hydrogen) atoms. The van der Waals surface area contributed by atoms with Crippen molar-refractivity contribution in [3.8, 4) is 0 Å². The number of nitrogen functional groups attached to an aromatic ring is 1. The Morgan fingerprint density at radius 2 is 2.26 bits per heavy atom. The van der Waals surface area contributed by atoms with Crippen LogP contribution in [0.2, 0.25) is 5.02 Å². The molecular weight excluding hydrogens is 276 g/mol. The number of carbonyl (C=O) groups is 1. The predicted molar refractivity (Wildman–Crippen MR) is 66.9 cm³/mol. The molecule has 0 atom stereocenters. The topological polar surface area (TPSA) is 140 Å². The van der Waals surface area contributed by atoms with Gasteiger partial charge in [0.2, 0.25) is 11.8 Å². The minimum atomic E-state index is -0.699. The number of nitrogens with two attached hydrogens (primary N) is 1. The fourth-order valence-corrected chi connectivity index (χ4v) is 1.49. The average molecular weight is 283 g/mol. The van der Waals surface area contributed by atoms with Crippen molar-refractivity contribution in [2.75, 3.05) is 11.1 Å². The highest BCUT2D eigenvalue weighted by Gasteiger charge is 2.18. The van der Waals surface area contributed by atoms with Crippen molar-refractivity contribution in [2.24, 2.45) is 0 Å². The molecule has 98 valence electrons. The lowest BCUT2D eigenvalue weighted by molar-refractivity contribution is -0.383. The fourth-order valence-electron chi connectivity index (χ4n) is 1.32. The highest BCUT2D eigenvalue weighted by molar-refractivity contribution is 6.31. The molecule has 1 amide bonds. The number of aromatic amines is 1. The third kappa shape index (κ3) is 2.77. The summed E-state index contributed by atoms with van der Waals surface area (Å²) in [6.07, 6.45) is 0. The number of nitro groups is 1. The molecule has 4 N–H and O–H groups in total. The van der Waals surface area contributed by atoms with Crippen molar-refractivity contribution in [2.45, 2.75) is 0 Å². The molecule has 0 aliphatic carbocycles. The van der Waals surface area contributed by atoms with E-state index < -0.39 is 10.8 Å². The second-order valence-corrected chi connectivity index (χ2v) is 3.85. The van der Waals surface area contributed by atoms with E-state index in [0.29, 0.717) is 0 Å². The van der Waals surface area contributed by atoms with Crippen LogP contribution in [0, 0.1) is 10.1 Å². The zero-order chi connectivity index (χ0) is 14.0. The summed E-state index contributed by atoms with van der Waals surface area (Å²) in [4.78, 5) is 25.5. The summed E-state index contributed by atoms with van der Waals surface area (Å²) < 4.78 is 0. The van der Waals surface area contributed by atoms with E-state index in [4.69, 9.17) is 17.3 Å². The Bertz CT molecular complexity index is 655. The molecule has 1 heterocycles. The van der Waals surface area contributed by atoms with Gasteiger partial charge in [0.05, 0.1) is 4.92 Å². The summed E-state index contributed by atoms with van der Waals surface area (Å²) in [5.74, 6) is -0.952. The Morgan fingerprint density at radius 1 is 1.53 bits per heavy atom. The van der Waals surface area contributed by atoms with Gasteiger partial charge in [-0.1, -0.05) is 11.6 Å². The van der Waals surface area contributed by atoms with Crippen LogP contribution in [0.3, 0.4) is 0 Å². The number of H-pyrrole nitrogens is 1. The molecule has 1 aromatic heterocycles. The summed E-state index contributed by atoms with van der Waals surface area (Å²) in [5.41, 5.74) is 4.92. The highest BCUT2D eigenvalue weighted by atomic mass is 35.5. The number of halogens is 1. The van der Waals surface area contributed by atoms with Crippen molar-refractivity contribution in [3.05, 3.63) is 39.2 Å². The van der Waals surface area contributed by atoms with Crippen LogP contribution in [0.15, 0.2) is 18.2 Å². The molecule has 0 unspecified atom stereocenters. The van der Waals surface area contributed by atoms with Gasteiger partial charge in [-0.3, -0.25) is 20.0 Å². The molecule has 2 aromatic rings. The number of carbonyl (C=O) groups excluding carboxylic acids is 1. The Kier molecular flexibility index (Phi) is 3.29. The number of anilines is 2. The zero-order valence-electron chi connectivity index (χ0n) is 9.25. The maximum Gasteiger partial charge on any atom is 0.294 e. The van der Waals surface area contributed by atoms with E-state index in [-0.39, 0.29) is 28.2 Å². The van der Waals surface area contributed by atoms with Gasteiger partial charge in [0, 0.05) is 11.1 Å². The van der Waals surface area contributed by atoms with Crippen LogP contribution in [-0.2, 0) is 0 Å². The van der Waals surface area contributed by atoms with E-state index in [1.54, 1.807) is 0 Å². The maximum absolute atomic E-state index is 11.7. The van der Waals surface area contributed by atoms with Gasteiger partial charge in [-0.15, -0.1) is 5.10 Å². The van der Waals surface area contributed by atoms with Crippen LogP contribution in [0.25, 0.3) is 0 Å². The molecule has 1 aromatic carbocycles. The van der Waals surface area contributed by atoms with Gasteiger partial charge >= 0.3 is 0 Å². The monoisotopic (exact) mass is 282 g/mol. The molecule has 0 aliphatic rings. The first-order chi connectivity index (χ1) is 8.97. The van der Waals surface area contributed by atoms with Crippen molar-refractivity contribution >= 4 is 34.8 Å². The van der Waals surface area contributed by atoms with Crippen molar-refractivity contribution in [1.82, 2.24) is 15.2 Å². The molecule has 0 saturated heterocycles. The zero-order valence-corrected chi connectivity index (χ0v) is 10.0. The summed E-state index contributed by atoms with van der Waals surface area (Å²) in [5, 5.41) is 19.1. The van der Waals surface area contributed by atoms with Gasteiger partial charge in [0.25, 0.3) is 11.6 Å². The quantitative estimate of drug-likeness (QED) is 0.571. The number of nitro benzene ring substituents is 1. The molecule has 10 heteroatoms. The Morgan fingerprint density at radius 3 is 2.84 bits per heavy atom. The molecule has 0 fully saturated rings. The number of benzene rings is 1. The van der Waals surface area contributed by atoms with E-state index in [9.17, 15) is 14.9 Å². The molecule has 0 spiro atoms. The van der Waals surface area contributed by atoms with Gasteiger partial charge in [0.1, 0.15) is 5.69 Å². The van der Waals surface area contributed by atoms with Crippen LogP contribution in [0.4, 0.5) is 17.3 Å². The first-order valence-electron chi connectivity index (χ1n) is 4.90. The highest BCUT2D eigenvalue weighted by Crippen LogP contribution is 2.27. The van der Waals surface area contributed by atoms with Gasteiger partial charge in [-0.2, -0.15) is 4.98 Å². The molecule has 2 rings (SSSR count). The largest absolute Gasteiger partial charge is 0.366 e. The third-order valence-corrected chi connectivity index (χ3v) is 2.36. The third-order valence-electron chi connectivity index (χ3n) is 2.12. The van der Waals surface area contributed by atoms with E-state index in [1.165, 1.54) is 12.1 Å². The van der Waals surface area contributed by atoms with Crippen LogP contribution < -0.4 is 11.1 Å². The molecular formula is C9H7ClN6O3. The maximum atomic E-state index is 11.7. The van der Waals surface area contributed by atoms with Crippen LogP contribution in [0.5, 0.6) is 0 Å². The smallest absolute Gasteiger partial charge is 0.294 e. The SMILES string of the molecule is Nc1n[nH]c(C(=O)Nc2ccc(Cl)cc2[N+](=O)[O-])n1. The first kappa shape index (κ1) is 12.8. The van der Waals surface area contributed by atoms with Gasteiger partial charge < -0.3 is 11.1 Å². The van der Waals surface area contributed by atoms with Crippen molar-refractivity contribution in [1.29, 1.82) is 0 Å². The second kappa shape index (κ2) is 4.90. The lowest BCUT2D eigenvalue weighted by atomic mass is 10.2. The van der Waals surface area contributed by atoms with Crippen LogP contribution in [0.1, 0.15) is 10.6 Å². The van der Waals surface area contributed by atoms with E-state index in [2.05, 4.69) is 20.5 Å². The van der Waals surface area contributed by atoms with Gasteiger partial charge in [-0.25, -0.2) is 0 Å². The van der Waals surface area contributed by atoms with Crippen LogP contribution in [-0.4, -0.2) is 26.0 Å². The average Bonchev–Trinajstić information content (AvgIpc) is 2.78. The van der Waals surface area contributed by atoms with Crippen molar-refractivity contribution < 1.29 is 9.72 Å². The number of amides is 1. The van der Waals surface area contributed by atoms with Gasteiger partial charge in [0.15, 0.2) is 0 Å². The molecule has 9 nitrogen and oxygen atoms in total. The number of rotatable bonds is 3. The van der Waals surface area contributed by atoms with Crippen LogP contribution >= 0.6 is 11.6 Å². The molecule has 0 radical (unpaired) electrons. The Balaban J connectivity index is 2.28. The minimum absolute atomic E-state index is 0.00521. The predicted octanol–water partition coefficient (Wildman–Crippen LogP) is 1.20. The number of aromatic nitrogens is 3. The minimum Gasteiger partial charge on any atom is -0.366 e. The Labute approximate surface area is 110 Å². The van der Waals surface area contributed by atoms with E-state index in [1.807, 2.05) is 0 Å². The number of hydrogen-bond acceptors (Lipinski definition) is 6. The van der Waals surface area contributed by atoms with E-state index >= 15 is 0 Å². The van der Waals surface area contributed by atoms with E-state index in [0.717, 1.165) is 6.07 Å². The standard InChI is InChI=1S/C9H7ClN6O3/c10-4-1-2-5(6(3-4)16(18)19)12-8(17)7-13-9(11)15-14-7/h1-3H,(H,12,17)(H3,11,13,14,15). The number of hydrogen-bond donors (Lipinski definition) is 3. The number of nitrogens with zero attached hydrogens (tertiary/aromatic N) is 3. The normalized spacial score (nSPS) is 10.2. The second-order valence-electron chi connectivity index (χ2n) is 3.41. The summed E-state index contributed by atoms with van der Waals surface area (Å²) in [6.45, 7) is 0. The summed E-state index contributed by atoms with van der Waals surface area (Å²) in [7, 11) is 0. The lowest BCUT2D eigenvalue weighted by Crippen LogP contribution is -2.14.